The summed E-state index contributed by atoms with van der Waals surface area (Å²) in [4.78, 5) is 23.7. The molecule has 2 aliphatic heterocycles. The molecule has 1 aromatic heterocycles. The number of hydrazone groups is 1. The van der Waals surface area contributed by atoms with Gasteiger partial charge in [0, 0.05) is 44.0 Å². The number of carbonyl (C=O) groups is 1. The highest BCUT2D eigenvalue weighted by molar-refractivity contribution is 5.82. The Labute approximate surface area is 147 Å². The molecule has 1 amide bonds. The average Bonchev–Trinajstić information content (AvgIpc) is 3.19. The molecule has 3 heterocycles. The lowest BCUT2D eigenvalue weighted by molar-refractivity contribution is -0.138. The lowest BCUT2D eigenvalue weighted by atomic mass is 9.94. The van der Waals surface area contributed by atoms with Crippen LogP contribution in [0.3, 0.4) is 0 Å². The van der Waals surface area contributed by atoms with E-state index in [0.717, 1.165) is 43.9 Å². The van der Waals surface area contributed by atoms with Crippen LogP contribution in [0.1, 0.15) is 30.9 Å². The summed E-state index contributed by atoms with van der Waals surface area (Å²) >= 11 is 0. The second kappa shape index (κ2) is 7.01. The predicted octanol–water partition coefficient (Wildman–Crippen LogP) is 2.65. The fraction of sp³-hybridized carbons (Fsp3) is 0.368. The maximum Gasteiger partial charge on any atom is 0.246 e. The highest BCUT2D eigenvalue weighted by Gasteiger charge is 2.34. The van der Waals surface area contributed by atoms with Gasteiger partial charge in [0.25, 0.3) is 0 Å². The van der Waals surface area contributed by atoms with Crippen LogP contribution in [0.25, 0.3) is 0 Å². The molecule has 1 fully saturated rings. The van der Waals surface area contributed by atoms with Crippen LogP contribution in [-0.4, -0.2) is 40.2 Å². The Morgan fingerprint density at radius 3 is 2.44 bits per heavy atom. The molecule has 6 nitrogen and oxygen atoms in total. The Balaban J connectivity index is 1.41. The van der Waals surface area contributed by atoms with Crippen LogP contribution in [0, 0.1) is 5.92 Å². The van der Waals surface area contributed by atoms with Crippen molar-refractivity contribution in [2.45, 2.75) is 25.3 Å². The van der Waals surface area contributed by atoms with Gasteiger partial charge in [0.1, 0.15) is 0 Å². The van der Waals surface area contributed by atoms with Crippen molar-refractivity contribution in [1.82, 2.24) is 15.0 Å². The molecule has 0 unspecified atom stereocenters. The van der Waals surface area contributed by atoms with Gasteiger partial charge < -0.3 is 4.90 Å². The van der Waals surface area contributed by atoms with Gasteiger partial charge in [-0.2, -0.15) is 5.10 Å². The van der Waals surface area contributed by atoms with E-state index in [1.807, 2.05) is 30.5 Å². The minimum Gasteiger partial charge on any atom is -0.341 e. The van der Waals surface area contributed by atoms with Gasteiger partial charge in [0.2, 0.25) is 11.9 Å². The SMILES string of the molecule is O=C(C1CCN(c2ncccn2)CC1)N1N=CC[C@H]1c1ccccc1. The van der Waals surface area contributed by atoms with Crippen molar-refractivity contribution >= 4 is 18.1 Å². The monoisotopic (exact) mass is 335 g/mol. The third-order valence-corrected chi connectivity index (χ3v) is 4.92. The maximum absolute atomic E-state index is 13.0. The summed E-state index contributed by atoms with van der Waals surface area (Å²) in [6, 6.07) is 12.0. The summed E-state index contributed by atoms with van der Waals surface area (Å²) in [5, 5.41) is 6.06. The molecule has 1 aromatic carbocycles. The highest BCUT2D eigenvalue weighted by Crippen LogP contribution is 2.31. The molecular weight excluding hydrogens is 314 g/mol. The van der Waals surface area contributed by atoms with Gasteiger partial charge in [-0.05, 0) is 24.5 Å². The number of amides is 1. The summed E-state index contributed by atoms with van der Waals surface area (Å²) in [6.07, 6.45) is 7.76. The van der Waals surface area contributed by atoms with E-state index in [-0.39, 0.29) is 17.9 Å². The molecule has 0 radical (unpaired) electrons. The number of benzene rings is 1. The van der Waals surface area contributed by atoms with Gasteiger partial charge in [0.15, 0.2) is 0 Å². The van der Waals surface area contributed by atoms with Gasteiger partial charge in [-0.25, -0.2) is 15.0 Å². The zero-order valence-electron chi connectivity index (χ0n) is 14.0. The molecule has 1 atom stereocenters. The standard InChI is InChI=1S/C19H21N5O/c25-18(24-17(7-12-22-24)15-5-2-1-3-6-15)16-8-13-23(14-9-16)19-20-10-4-11-21-19/h1-6,10-12,16-17H,7-9,13-14H2/t17-/m0/s1. The maximum atomic E-state index is 13.0. The fourth-order valence-electron chi connectivity index (χ4n) is 3.55. The van der Waals surface area contributed by atoms with E-state index in [2.05, 4.69) is 32.1 Å². The summed E-state index contributed by atoms with van der Waals surface area (Å²) < 4.78 is 0. The van der Waals surface area contributed by atoms with Crippen LogP contribution in [0.4, 0.5) is 5.95 Å². The molecule has 0 bridgehead atoms. The first-order valence-corrected chi connectivity index (χ1v) is 8.75. The third-order valence-electron chi connectivity index (χ3n) is 4.92. The normalized spacial score (nSPS) is 20.9. The molecule has 0 saturated carbocycles. The number of rotatable bonds is 3. The Kier molecular flexibility index (Phi) is 4.41. The molecule has 2 aromatic rings. The molecule has 1 saturated heterocycles. The van der Waals surface area contributed by atoms with Crippen molar-refractivity contribution in [3.63, 3.8) is 0 Å². The van der Waals surface area contributed by atoms with E-state index in [1.165, 1.54) is 0 Å². The second-order valence-electron chi connectivity index (χ2n) is 6.45. The number of anilines is 1. The van der Waals surface area contributed by atoms with Crippen molar-refractivity contribution in [3.05, 3.63) is 54.4 Å². The molecule has 128 valence electrons. The molecule has 0 N–H and O–H groups in total. The van der Waals surface area contributed by atoms with Gasteiger partial charge in [-0.3, -0.25) is 4.79 Å². The van der Waals surface area contributed by atoms with E-state index in [9.17, 15) is 4.79 Å². The van der Waals surface area contributed by atoms with Gasteiger partial charge >= 0.3 is 0 Å². The number of aromatic nitrogens is 2. The first kappa shape index (κ1) is 15.7. The van der Waals surface area contributed by atoms with E-state index < -0.39 is 0 Å². The van der Waals surface area contributed by atoms with Crippen molar-refractivity contribution < 1.29 is 4.79 Å². The lowest BCUT2D eigenvalue weighted by Gasteiger charge is -2.33. The summed E-state index contributed by atoms with van der Waals surface area (Å²) in [5.74, 6) is 0.896. The third kappa shape index (κ3) is 3.24. The second-order valence-corrected chi connectivity index (χ2v) is 6.45. The van der Waals surface area contributed by atoms with Crippen molar-refractivity contribution in [3.8, 4) is 0 Å². The zero-order chi connectivity index (χ0) is 17.1. The Hall–Kier alpha value is -2.76. The van der Waals surface area contributed by atoms with Crippen LogP contribution in [0.15, 0.2) is 53.9 Å². The fourth-order valence-corrected chi connectivity index (χ4v) is 3.55. The van der Waals surface area contributed by atoms with Gasteiger partial charge in [0.05, 0.1) is 6.04 Å². The number of piperidine rings is 1. The number of hydrogen-bond acceptors (Lipinski definition) is 5. The largest absolute Gasteiger partial charge is 0.341 e. The molecular formula is C19H21N5O. The topological polar surface area (TPSA) is 61.7 Å². The minimum atomic E-state index is 0.0152. The van der Waals surface area contributed by atoms with Crippen molar-refractivity contribution in [2.24, 2.45) is 11.0 Å². The summed E-state index contributed by atoms with van der Waals surface area (Å²) in [7, 11) is 0. The Morgan fingerprint density at radius 1 is 1.00 bits per heavy atom. The van der Waals surface area contributed by atoms with Gasteiger partial charge in [-0.15, -0.1) is 0 Å². The summed E-state index contributed by atoms with van der Waals surface area (Å²) in [5.41, 5.74) is 1.14. The zero-order valence-corrected chi connectivity index (χ0v) is 14.0. The first-order valence-electron chi connectivity index (χ1n) is 8.75. The highest BCUT2D eigenvalue weighted by atomic mass is 16.2. The summed E-state index contributed by atoms with van der Waals surface area (Å²) in [6.45, 7) is 1.60. The average molecular weight is 335 g/mol. The lowest BCUT2D eigenvalue weighted by Crippen LogP contribution is -2.41. The van der Waals surface area contributed by atoms with Crippen LogP contribution < -0.4 is 4.90 Å². The first-order chi connectivity index (χ1) is 12.3. The molecule has 2 aliphatic rings. The minimum absolute atomic E-state index is 0.0152. The van der Waals surface area contributed by atoms with E-state index >= 15 is 0 Å². The van der Waals surface area contributed by atoms with Crippen LogP contribution >= 0.6 is 0 Å². The van der Waals surface area contributed by atoms with Crippen LogP contribution in [0.5, 0.6) is 0 Å². The predicted molar refractivity (Wildman–Crippen MR) is 96.1 cm³/mol. The van der Waals surface area contributed by atoms with E-state index in [4.69, 9.17) is 0 Å². The molecule has 25 heavy (non-hydrogen) atoms. The molecule has 0 spiro atoms. The smallest absolute Gasteiger partial charge is 0.246 e. The molecule has 4 rings (SSSR count). The quantitative estimate of drug-likeness (QED) is 0.865. The Bertz CT molecular complexity index is 741. The molecule has 0 aliphatic carbocycles. The van der Waals surface area contributed by atoms with E-state index in [0.29, 0.717) is 0 Å². The van der Waals surface area contributed by atoms with E-state index in [1.54, 1.807) is 17.4 Å². The number of carbonyl (C=O) groups excluding carboxylic acids is 1. The van der Waals surface area contributed by atoms with Gasteiger partial charge in [-0.1, -0.05) is 30.3 Å². The van der Waals surface area contributed by atoms with Crippen molar-refractivity contribution in [2.75, 3.05) is 18.0 Å². The number of hydrogen-bond donors (Lipinski definition) is 0. The Morgan fingerprint density at radius 2 is 1.72 bits per heavy atom. The van der Waals surface area contributed by atoms with Crippen molar-refractivity contribution in [1.29, 1.82) is 0 Å². The van der Waals surface area contributed by atoms with Crippen LogP contribution in [0.2, 0.25) is 0 Å². The number of nitrogens with zero attached hydrogens (tertiary/aromatic N) is 5. The molecule has 6 heteroatoms. The van der Waals surface area contributed by atoms with Crippen LogP contribution in [-0.2, 0) is 4.79 Å².